The fraction of sp³-hybridized carbons (Fsp3) is 0.208. The molecule has 1 aliphatic rings. The van der Waals surface area contributed by atoms with Gasteiger partial charge in [-0.3, -0.25) is 14.5 Å². The molecule has 1 amide bonds. The summed E-state index contributed by atoms with van der Waals surface area (Å²) in [6.45, 7) is 2.08. The average molecular weight is 413 g/mol. The molecule has 0 radical (unpaired) electrons. The molecule has 7 nitrogen and oxygen atoms in total. The summed E-state index contributed by atoms with van der Waals surface area (Å²) in [6, 6.07) is 15.7. The first-order chi connectivity index (χ1) is 15.3. The summed E-state index contributed by atoms with van der Waals surface area (Å²) in [5.41, 5.74) is 3.76. The zero-order chi connectivity index (χ0) is 21.0. The van der Waals surface area contributed by atoms with Crippen LogP contribution in [-0.2, 0) is 4.79 Å². The Labute approximate surface area is 180 Å². The van der Waals surface area contributed by atoms with Crippen LogP contribution in [0.25, 0.3) is 22.0 Å². The molecule has 0 bridgehead atoms. The molecule has 2 aromatic carbocycles. The van der Waals surface area contributed by atoms with Crippen LogP contribution in [0.2, 0.25) is 0 Å². The molecule has 0 aliphatic carbocycles. The van der Waals surface area contributed by atoms with Gasteiger partial charge in [0.05, 0.1) is 17.8 Å². The molecule has 31 heavy (non-hydrogen) atoms. The molecular formula is C24H23N5O2. The number of carbonyl (C=O) groups excluding carboxylic acids is 1. The van der Waals surface area contributed by atoms with Gasteiger partial charge in [-0.15, -0.1) is 0 Å². The molecule has 2 aromatic heterocycles. The minimum absolute atomic E-state index is 0.460. The summed E-state index contributed by atoms with van der Waals surface area (Å²) >= 11 is 0. The standard InChI is InChI=1S/C24H23N5O2/c30-16-27-19-2-4-21(5-3-19)31-24-9-12-26-23-13-17(1-6-22(23)24)18-14-28-29(15-18)20-7-10-25-11-8-20/h1-6,9,12-16,20,25H,7-8,10-11H2,(H,27,30). The van der Waals surface area contributed by atoms with Crippen molar-refractivity contribution in [3.8, 4) is 22.6 Å². The quantitative estimate of drug-likeness (QED) is 0.459. The van der Waals surface area contributed by atoms with Crippen molar-refractivity contribution in [2.45, 2.75) is 18.9 Å². The van der Waals surface area contributed by atoms with E-state index in [0.29, 0.717) is 18.2 Å². The molecule has 1 saturated heterocycles. The van der Waals surface area contributed by atoms with Gasteiger partial charge in [0.25, 0.3) is 0 Å². The molecule has 1 fully saturated rings. The molecule has 0 saturated carbocycles. The predicted octanol–water partition coefficient (Wildman–Crippen LogP) is 4.38. The number of fused-ring (bicyclic) bond motifs is 1. The third-order valence-corrected chi connectivity index (χ3v) is 5.63. The monoisotopic (exact) mass is 413 g/mol. The molecule has 4 aromatic rings. The maximum Gasteiger partial charge on any atom is 0.211 e. The Balaban J connectivity index is 1.39. The number of hydrogen-bond acceptors (Lipinski definition) is 5. The number of nitrogens with zero attached hydrogens (tertiary/aromatic N) is 3. The summed E-state index contributed by atoms with van der Waals surface area (Å²) in [5.74, 6) is 1.43. The lowest BCUT2D eigenvalue weighted by Crippen LogP contribution is -2.29. The van der Waals surface area contributed by atoms with Gasteiger partial charge in [0, 0.05) is 29.0 Å². The van der Waals surface area contributed by atoms with E-state index in [0.717, 1.165) is 59.4 Å². The Hall–Kier alpha value is -3.71. The van der Waals surface area contributed by atoms with Crippen LogP contribution < -0.4 is 15.4 Å². The van der Waals surface area contributed by atoms with E-state index in [1.54, 1.807) is 18.3 Å². The number of pyridine rings is 1. The maximum absolute atomic E-state index is 10.6. The lowest BCUT2D eigenvalue weighted by Gasteiger charge is -2.22. The number of carbonyl (C=O) groups is 1. The van der Waals surface area contributed by atoms with Gasteiger partial charge < -0.3 is 15.4 Å². The number of anilines is 1. The zero-order valence-corrected chi connectivity index (χ0v) is 17.0. The third kappa shape index (κ3) is 4.13. The lowest BCUT2D eigenvalue weighted by atomic mass is 10.1. The lowest BCUT2D eigenvalue weighted by molar-refractivity contribution is -0.105. The molecule has 7 heteroatoms. The molecule has 0 spiro atoms. The van der Waals surface area contributed by atoms with Crippen LogP contribution in [0.3, 0.4) is 0 Å². The third-order valence-electron chi connectivity index (χ3n) is 5.63. The second-order valence-electron chi connectivity index (χ2n) is 7.62. The predicted molar refractivity (Wildman–Crippen MR) is 120 cm³/mol. The minimum atomic E-state index is 0.460. The largest absolute Gasteiger partial charge is 0.457 e. The molecule has 0 unspecified atom stereocenters. The van der Waals surface area contributed by atoms with Crippen LogP contribution in [-0.4, -0.2) is 34.3 Å². The Morgan fingerprint density at radius 1 is 1.06 bits per heavy atom. The molecule has 3 heterocycles. The number of amides is 1. The van der Waals surface area contributed by atoms with Crippen molar-refractivity contribution in [3.05, 3.63) is 67.1 Å². The average Bonchev–Trinajstić information content (AvgIpc) is 3.31. The molecular weight excluding hydrogens is 390 g/mol. The zero-order valence-electron chi connectivity index (χ0n) is 17.0. The Morgan fingerprint density at radius 2 is 1.90 bits per heavy atom. The summed E-state index contributed by atoms with van der Waals surface area (Å²) in [4.78, 5) is 15.1. The van der Waals surface area contributed by atoms with Crippen molar-refractivity contribution < 1.29 is 9.53 Å². The Kier molecular flexibility index (Phi) is 5.33. The van der Waals surface area contributed by atoms with Crippen LogP contribution in [0.4, 0.5) is 5.69 Å². The first-order valence-electron chi connectivity index (χ1n) is 10.4. The molecule has 0 atom stereocenters. The second kappa shape index (κ2) is 8.57. The highest BCUT2D eigenvalue weighted by Crippen LogP contribution is 2.32. The number of aromatic nitrogens is 3. The van der Waals surface area contributed by atoms with E-state index < -0.39 is 0 Å². The normalized spacial score (nSPS) is 14.5. The van der Waals surface area contributed by atoms with Gasteiger partial charge in [-0.1, -0.05) is 6.07 Å². The van der Waals surface area contributed by atoms with E-state index >= 15 is 0 Å². The topological polar surface area (TPSA) is 81.1 Å². The summed E-state index contributed by atoms with van der Waals surface area (Å²) in [7, 11) is 0. The highest BCUT2D eigenvalue weighted by Gasteiger charge is 2.16. The highest BCUT2D eigenvalue weighted by atomic mass is 16.5. The van der Waals surface area contributed by atoms with E-state index in [1.165, 1.54) is 0 Å². The van der Waals surface area contributed by atoms with Gasteiger partial charge in [-0.25, -0.2) is 0 Å². The fourth-order valence-corrected chi connectivity index (χ4v) is 3.96. The first kappa shape index (κ1) is 19.3. The Morgan fingerprint density at radius 3 is 2.71 bits per heavy atom. The van der Waals surface area contributed by atoms with E-state index in [9.17, 15) is 4.79 Å². The maximum atomic E-state index is 10.6. The SMILES string of the molecule is O=CNc1ccc(Oc2ccnc3cc(-c4cnn(C5CCNCC5)c4)ccc23)cc1. The van der Waals surface area contributed by atoms with Crippen LogP contribution in [0.1, 0.15) is 18.9 Å². The van der Waals surface area contributed by atoms with E-state index in [4.69, 9.17) is 4.74 Å². The van der Waals surface area contributed by atoms with Crippen LogP contribution in [0.15, 0.2) is 67.1 Å². The number of hydrogen-bond donors (Lipinski definition) is 2. The van der Waals surface area contributed by atoms with Crippen molar-refractivity contribution in [2.75, 3.05) is 18.4 Å². The summed E-state index contributed by atoms with van der Waals surface area (Å²) < 4.78 is 8.17. The van der Waals surface area contributed by atoms with Gasteiger partial charge in [0.2, 0.25) is 6.41 Å². The molecule has 156 valence electrons. The minimum Gasteiger partial charge on any atom is -0.457 e. The number of benzene rings is 2. The number of rotatable bonds is 6. The van der Waals surface area contributed by atoms with E-state index in [2.05, 4.69) is 43.7 Å². The molecule has 1 aliphatic heterocycles. The van der Waals surface area contributed by atoms with E-state index in [-0.39, 0.29) is 0 Å². The van der Waals surface area contributed by atoms with Gasteiger partial charge in [-0.2, -0.15) is 5.10 Å². The van der Waals surface area contributed by atoms with Crippen molar-refractivity contribution in [2.24, 2.45) is 0 Å². The Bertz CT molecular complexity index is 1200. The van der Waals surface area contributed by atoms with Gasteiger partial charge in [-0.05, 0) is 74.0 Å². The summed E-state index contributed by atoms with van der Waals surface area (Å²) in [6.07, 6.45) is 8.67. The molecule has 2 N–H and O–H groups in total. The highest BCUT2D eigenvalue weighted by molar-refractivity contribution is 5.89. The smallest absolute Gasteiger partial charge is 0.211 e. The second-order valence-corrected chi connectivity index (χ2v) is 7.62. The van der Waals surface area contributed by atoms with Crippen LogP contribution in [0, 0.1) is 0 Å². The van der Waals surface area contributed by atoms with Gasteiger partial charge in [0.1, 0.15) is 11.5 Å². The van der Waals surface area contributed by atoms with Crippen molar-refractivity contribution in [1.29, 1.82) is 0 Å². The summed E-state index contributed by atoms with van der Waals surface area (Å²) in [5, 5.41) is 11.6. The van der Waals surface area contributed by atoms with Crippen LogP contribution in [0.5, 0.6) is 11.5 Å². The van der Waals surface area contributed by atoms with Gasteiger partial charge >= 0.3 is 0 Å². The van der Waals surface area contributed by atoms with Crippen molar-refractivity contribution >= 4 is 23.0 Å². The number of nitrogens with one attached hydrogen (secondary N) is 2. The number of piperidine rings is 1. The first-order valence-corrected chi connectivity index (χ1v) is 10.4. The van der Waals surface area contributed by atoms with Crippen molar-refractivity contribution in [1.82, 2.24) is 20.1 Å². The fourth-order valence-electron chi connectivity index (χ4n) is 3.96. The van der Waals surface area contributed by atoms with Crippen LogP contribution >= 0.6 is 0 Å². The van der Waals surface area contributed by atoms with Gasteiger partial charge in [0.15, 0.2) is 0 Å². The van der Waals surface area contributed by atoms with E-state index in [1.807, 2.05) is 30.5 Å². The number of ether oxygens (including phenoxy) is 1. The van der Waals surface area contributed by atoms with Crippen molar-refractivity contribution in [3.63, 3.8) is 0 Å². The molecule has 5 rings (SSSR count).